The van der Waals surface area contributed by atoms with Crippen LogP contribution in [0.5, 0.6) is 0 Å². The summed E-state index contributed by atoms with van der Waals surface area (Å²) in [5.74, 6) is 0. The summed E-state index contributed by atoms with van der Waals surface area (Å²) in [4.78, 5) is 1.96. The SMILES string of the molecule is CB(O)N1CCCCC1CO. The molecule has 0 aliphatic carbocycles. The number of hydrogen-bond acceptors (Lipinski definition) is 3. The highest BCUT2D eigenvalue weighted by Gasteiger charge is 2.26. The molecule has 1 rings (SSSR count). The minimum absolute atomic E-state index is 0.172. The summed E-state index contributed by atoms with van der Waals surface area (Å²) in [7, 11) is -0.410. The van der Waals surface area contributed by atoms with E-state index < -0.39 is 7.05 Å². The van der Waals surface area contributed by atoms with Gasteiger partial charge in [-0.25, -0.2) is 0 Å². The second-order valence-corrected chi connectivity index (χ2v) is 3.20. The second-order valence-electron chi connectivity index (χ2n) is 3.20. The van der Waals surface area contributed by atoms with Gasteiger partial charge in [-0.3, -0.25) is 0 Å². The van der Waals surface area contributed by atoms with E-state index in [-0.39, 0.29) is 12.6 Å². The number of aliphatic hydroxyl groups is 1. The minimum Gasteiger partial charge on any atom is -0.437 e. The van der Waals surface area contributed by atoms with Gasteiger partial charge in [-0.05, 0) is 26.2 Å². The Hall–Kier alpha value is -0.0551. The predicted molar refractivity (Wildman–Crippen MR) is 45.3 cm³/mol. The third kappa shape index (κ3) is 2.19. The van der Waals surface area contributed by atoms with Crippen molar-refractivity contribution in [1.82, 2.24) is 4.81 Å². The molecule has 0 radical (unpaired) electrons. The molecule has 1 aliphatic heterocycles. The molecule has 0 aromatic rings. The van der Waals surface area contributed by atoms with Crippen LogP contribution < -0.4 is 0 Å². The van der Waals surface area contributed by atoms with Gasteiger partial charge < -0.3 is 14.9 Å². The van der Waals surface area contributed by atoms with Crippen LogP contribution in [-0.4, -0.2) is 41.2 Å². The lowest BCUT2D eigenvalue weighted by Gasteiger charge is -2.35. The van der Waals surface area contributed by atoms with E-state index in [9.17, 15) is 5.02 Å². The van der Waals surface area contributed by atoms with Gasteiger partial charge in [0.1, 0.15) is 0 Å². The average Bonchev–Trinajstić information content (AvgIpc) is 2.04. The zero-order valence-corrected chi connectivity index (χ0v) is 7.03. The Morgan fingerprint density at radius 2 is 2.27 bits per heavy atom. The van der Waals surface area contributed by atoms with E-state index in [1.165, 1.54) is 6.42 Å². The summed E-state index contributed by atoms with van der Waals surface area (Å²) in [6.07, 6.45) is 3.33. The minimum atomic E-state index is -0.410. The van der Waals surface area contributed by atoms with Crippen LogP contribution >= 0.6 is 0 Å². The lowest BCUT2D eigenvalue weighted by molar-refractivity contribution is 0.141. The Balaban J connectivity index is 2.44. The first-order chi connectivity index (χ1) is 5.25. The van der Waals surface area contributed by atoms with Gasteiger partial charge in [0.25, 0.3) is 0 Å². The maximum atomic E-state index is 9.29. The standard InChI is InChI=1S/C7H16BNO2/c1-8(11)9-5-3-2-4-7(9)6-10/h7,10-11H,2-6H2,1H3. The van der Waals surface area contributed by atoms with E-state index in [1.54, 1.807) is 6.82 Å². The second kappa shape index (κ2) is 4.09. The largest absolute Gasteiger partial charge is 0.437 e. The molecule has 0 saturated carbocycles. The van der Waals surface area contributed by atoms with Crippen LogP contribution in [0, 0.1) is 0 Å². The Morgan fingerprint density at radius 1 is 1.55 bits per heavy atom. The highest BCUT2D eigenvalue weighted by molar-refractivity contribution is 6.45. The number of hydrogen-bond donors (Lipinski definition) is 2. The smallest absolute Gasteiger partial charge is 0.376 e. The first-order valence-corrected chi connectivity index (χ1v) is 4.30. The summed E-state index contributed by atoms with van der Waals surface area (Å²) in [5.41, 5.74) is 0. The van der Waals surface area contributed by atoms with Gasteiger partial charge >= 0.3 is 7.05 Å². The van der Waals surface area contributed by atoms with Crippen molar-refractivity contribution in [2.24, 2.45) is 0 Å². The first-order valence-electron chi connectivity index (χ1n) is 4.30. The molecule has 2 N–H and O–H groups in total. The molecule has 0 aromatic carbocycles. The fourth-order valence-corrected chi connectivity index (χ4v) is 1.71. The lowest BCUT2D eigenvalue weighted by atomic mass is 9.80. The maximum Gasteiger partial charge on any atom is 0.376 e. The van der Waals surface area contributed by atoms with Crippen molar-refractivity contribution in [2.45, 2.75) is 32.1 Å². The molecule has 4 heteroatoms. The van der Waals surface area contributed by atoms with Gasteiger partial charge in [-0.15, -0.1) is 0 Å². The maximum absolute atomic E-state index is 9.29. The van der Waals surface area contributed by atoms with Crippen LogP contribution in [0.3, 0.4) is 0 Å². The van der Waals surface area contributed by atoms with Gasteiger partial charge in [0.2, 0.25) is 0 Å². The Kier molecular flexibility index (Phi) is 3.36. The van der Waals surface area contributed by atoms with E-state index in [2.05, 4.69) is 0 Å². The van der Waals surface area contributed by atoms with E-state index in [1.807, 2.05) is 4.81 Å². The predicted octanol–water partition coefficient (Wildman–Crippen LogP) is -0.0565. The molecule has 1 heterocycles. The van der Waals surface area contributed by atoms with E-state index in [4.69, 9.17) is 5.11 Å². The molecule has 11 heavy (non-hydrogen) atoms. The molecule has 0 amide bonds. The van der Waals surface area contributed by atoms with Crippen LogP contribution in [0.4, 0.5) is 0 Å². The van der Waals surface area contributed by atoms with Crippen molar-refractivity contribution in [3.8, 4) is 0 Å². The summed E-state index contributed by atoms with van der Waals surface area (Å²) in [5, 5.41) is 18.3. The molecule has 0 spiro atoms. The number of nitrogens with zero attached hydrogens (tertiary/aromatic N) is 1. The van der Waals surface area contributed by atoms with Crippen molar-refractivity contribution < 1.29 is 10.1 Å². The van der Waals surface area contributed by atoms with Gasteiger partial charge in [-0.1, -0.05) is 6.42 Å². The van der Waals surface area contributed by atoms with Crippen LogP contribution in [0.25, 0.3) is 0 Å². The van der Waals surface area contributed by atoms with Crippen molar-refractivity contribution in [3.05, 3.63) is 0 Å². The molecule has 0 aromatic heterocycles. The molecule has 1 aliphatic rings. The van der Waals surface area contributed by atoms with Crippen LogP contribution in [0.15, 0.2) is 0 Å². The molecule has 1 saturated heterocycles. The van der Waals surface area contributed by atoms with E-state index in [0.717, 1.165) is 19.4 Å². The summed E-state index contributed by atoms with van der Waals surface area (Å²) in [6.45, 7) is 2.85. The van der Waals surface area contributed by atoms with Crippen molar-refractivity contribution in [2.75, 3.05) is 13.2 Å². The van der Waals surface area contributed by atoms with Crippen molar-refractivity contribution >= 4 is 7.05 Å². The molecular weight excluding hydrogens is 141 g/mol. The Labute approximate surface area is 68.2 Å². The monoisotopic (exact) mass is 157 g/mol. The van der Waals surface area contributed by atoms with E-state index in [0.29, 0.717) is 0 Å². The average molecular weight is 157 g/mol. The van der Waals surface area contributed by atoms with Gasteiger partial charge in [0.05, 0.1) is 6.61 Å². The topological polar surface area (TPSA) is 43.7 Å². The highest BCUT2D eigenvalue weighted by Crippen LogP contribution is 2.16. The fraction of sp³-hybridized carbons (Fsp3) is 1.00. The summed E-state index contributed by atoms with van der Waals surface area (Å²) >= 11 is 0. The molecule has 0 bridgehead atoms. The number of piperidine rings is 1. The summed E-state index contributed by atoms with van der Waals surface area (Å²) < 4.78 is 0. The highest BCUT2D eigenvalue weighted by atomic mass is 16.3. The zero-order chi connectivity index (χ0) is 8.27. The lowest BCUT2D eigenvalue weighted by Crippen LogP contribution is -2.49. The fourth-order valence-electron chi connectivity index (χ4n) is 1.71. The normalized spacial score (nSPS) is 27.0. The van der Waals surface area contributed by atoms with Crippen molar-refractivity contribution in [1.29, 1.82) is 0 Å². The van der Waals surface area contributed by atoms with E-state index >= 15 is 0 Å². The zero-order valence-electron chi connectivity index (χ0n) is 7.03. The summed E-state index contributed by atoms with van der Waals surface area (Å²) in [6, 6.07) is 0.184. The Bertz CT molecular complexity index is 121. The van der Waals surface area contributed by atoms with Crippen LogP contribution in [0.1, 0.15) is 19.3 Å². The third-order valence-electron chi connectivity index (χ3n) is 2.36. The van der Waals surface area contributed by atoms with Crippen molar-refractivity contribution in [3.63, 3.8) is 0 Å². The number of aliphatic hydroxyl groups excluding tert-OH is 1. The van der Waals surface area contributed by atoms with Crippen LogP contribution in [-0.2, 0) is 0 Å². The van der Waals surface area contributed by atoms with Gasteiger partial charge in [0.15, 0.2) is 0 Å². The number of rotatable bonds is 2. The van der Waals surface area contributed by atoms with Gasteiger partial charge in [-0.2, -0.15) is 0 Å². The quantitative estimate of drug-likeness (QED) is 0.552. The third-order valence-corrected chi connectivity index (χ3v) is 2.36. The molecule has 1 unspecified atom stereocenters. The molecule has 1 fully saturated rings. The molecular formula is C7H16BNO2. The molecule has 3 nitrogen and oxygen atoms in total. The molecule has 1 atom stereocenters. The van der Waals surface area contributed by atoms with Gasteiger partial charge in [0, 0.05) is 6.04 Å². The van der Waals surface area contributed by atoms with Crippen LogP contribution in [0.2, 0.25) is 6.82 Å². The molecule has 64 valence electrons. The first kappa shape index (κ1) is 9.04. The Morgan fingerprint density at radius 3 is 2.73 bits per heavy atom.